The summed E-state index contributed by atoms with van der Waals surface area (Å²) in [6.07, 6.45) is 3.64. The molecule has 106 valence electrons. The molecule has 1 aliphatic heterocycles. The molecule has 20 heavy (non-hydrogen) atoms. The lowest BCUT2D eigenvalue weighted by Crippen LogP contribution is -2.24. The lowest BCUT2D eigenvalue weighted by atomic mass is 10.1. The van der Waals surface area contributed by atoms with Gasteiger partial charge in [0.15, 0.2) is 0 Å². The van der Waals surface area contributed by atoms with Crippen LogP contribution >= 0.6 is 0 Å². The molecule has 1 unspecified atom stereocenters. The van der Waals surface area contributed by atoms with Crippen molar-refractivity contribution in [3.8, 4) is 5.75 Å². The first-order chi connectivity index (χ1) is 9.65. The number of hydrogen-bond acceptors (Lipinski definition) is 3. The summed E-state index contributed by atoms with van der Waals surface area (Å²) in [5, 5.41) is 7.76. The highest BCUT2D eigenvalue weighted by molar-refractivity contribution is 5.47. The van der Waals surface area contributed by atoms with Gasteiger partial charge in [-0.25, -0.2) is 4.39 Å². The molecule has 5 heteroatoms. The topological polar surface area (TPSA) is 39.1 Å². The molecule has 0 bridgehead atoms. The fourth-order valence-corrected chi connectivity index (χ4v) is 2.57. The Bertz CT molecular complexity index is 624. The van der Waals surface area contributed by atoms with Gasteiger partial charge < -0.3 is 10.1 Å². The van der Waals surface area contributed by atoms with E-state index in [0.717, 1.165) is 35.5 Å². The molecule has 1 atom stereocenters. The Labute approximate surface area is 117 Å². The number of nitrogens with one attached hydrogen (secondary N) is 1. The molecule has 0 amide bonds. The van der Waals surface area contributed by atoms with Gasteiger partial charge in [-0.3, -0.25) is 4.68 Å². The van der Waals surface area contributed by atoms with Crippen molar-refractivity contribution in [3.05, 3.63) is 41.5 Å². The normalized spacial score (nSPS) is 16.9. The fourth-order valence-electron chi connectivity index (χ4n) is 2.57. The fraction of sp³-hybridized carbons (Fsp3) is 0.400. The first-order valence-corrected chi connectivity index (χ1v) is 6.87. The molecule has 1 N–H and O–H groups in total. The van der Waals surface area contributed by atoms with Crippen molar-refractivity contribution in [2.75, 3.05) is 11.9 Å². The second-order valence-corrected chi connectivity index (χ2v) is 5.09. The maximum Gasteiger partial charge on any atom is 0.123 e. The third-order valence-corrected chi connectivity index (χ3v) is 3.52. The van der Waals surface area contributed by atoms with Crippen LogP contribution in [0.3, 0.4) is 0 Å². The third-order valence-electron chi connectivity index (χ3n) is 3.52. The zero-order valence-electron chi connectivity index (χ0n) is 11.7. The van der Waals surface area contributed by atoms with Gasteiger partial charge in [0.25, 0.3) is 0 Å². The lowest BCUT2D eigenvalue weighted by molar-refractivity contribution is 0.246. The van der Waals surface area contributed by atoms with E-state index in [1.807, 2.05) is 13.2 Å². The molecule has 0 saturated carbocycles. The van der Waals surface area contributed by atoms with Crippen LogP contribution in [-0.4, -0.2) is 22.4 Å². The molecule has 0 aliphatic carbocycles. The van der Waals surface area contributed by atoms with Crippen LogP contribution in [-0.2, 0) is 19.9 Å². The van der Waals surface area contributed by atoms with Crippen LogP contribution in [0.1, 0.15) is 18.2 Å². The van der Waals surface area contributed by atoms with Crippen molar-refractivity contribution < 1.29 is 9.13 Å². The molecule has 2 aromatic rings. The standard InChI is InChI=1S/C15H18FN3O/c1-3-13-14(9-19(2)18-13)17-8-12-7-10-6-11(16)4-5-15(10)20-12/h4-6,9,12,17H,3,7-8H2,1-2H3. The van der Waals surface area contributed by atoms with Crippen molar-refractivity contribution in [1.82, 2.24) is 9.78 Å². The Balaban J connectivity index is 1.63. The van der Waals surface area contributed by atoms with Crippen molar-refractivity contribution in [3.63, 3.8) is 0 Å². The summed E-state index contributed by atoms with van der Waals surface area (Å²) in [6, 6.07) is 4.69. The number of nitrogens with zero attached hydrogens (tertiary/aromatic N) is 2. The summed E-state index contributed by atoms with van der Waals surface area (Å²) in [6.45, 7) is 2.77. The largest absolute Gasteiger partial charge is 0.488 e. The summed E-state index contributed by atoms with van der Waals surface area (Å²) < 4.78 is 20.8. The molecule has 1 aliphatic rings. The second-order valence-electron chi connectivity index (χ2n) is 5.09. The van der Waals surface area contributed by atoms with Gasteiger partial charge in [0.1, 0.15) is 17.7 Å². The number of anilines is 1. The molecule has 2 heterocycles. The average Bonchev–Trinajstić information content (AvgIpc) is 2.98. The van der Waals surface area contributed by atoms with Crippen LogP contribution in [0.5, 0.6) is 5.75 Å². The van der Waals surface area contributed by atoms with E-state index in [9.17, 15) is 4.39 Å². The number of hydrogen-bond donors (Lipinski definition) is 1. The first-order valence-electron chi connectivity index (χ1n) is 6.87. The molecule has 0 fully saturated rings. The number of aryl methyl sites for hydroxylation is 2. The summed E-state index contributed by atoms with van der Waals surface area (Å²) in [5.41, 5.74) is 3.04. The lowest BCUT2D eigenvalue weighted by Gasteiger charge is -2.12. The van der Waals surface area contributed by atoms with Crippen molar-refractivity contribution in [2.24, 2.45) is 7.05 Å². The number of fused-ring (bicyclic) bond motifs is 1. The quantitative estimate of drug-likeness (QED) is 0.932. The van der Waals surface area contributed by atoms with Gasteiger partial charge in [-0.2, -0.15) is 5.10 Å². The monoisotopic (exact) mass is 275 g/mol. The van der Waals surface area contributed by atoms with E-state index >= 15 is 0 Å². The molecule has 1 aromatic heterocycles. The van der Waals surface area contributed by atoms with E-state index in [1.54, 1.807) is 16.8 Å². The Morgan fingerprint density at radius 1 is 1.50 bits per heavy atom. The van der Waals surface area contributed by atoms with Crippen LogP contribution in [0.2, 0.25) is 0 Å². The van der Waals surface area contributed by atoms with E-state index in [2.05, 4.69) is 17.3 Å². The maximum absolute atomic E-state index is 13.2. The predicted molar refractivity (Wildman–Crippen MR) is 75.6 cm³/mol. The van der Waals surface area contributed by atoms with Gasteiger partial charge in [0.2, 0.25) is 0 Å². The van der Waals surface area contributed by atoms with Gasteiger partial charge in [0.05, 0.1) is 17.9 Å². The Kier molecular flexibility index (Phi) is 3.34. The molecule has 1 aromatic carbocycles. The second kappa shape index (κ2) is 5.15. The molecular formula is C15H18FN3O. The highest BCUT2D eigenvalue weighted by atomic mass is 19.1. The van der Waals surface area contributed by atoms with E-state index < -0.39 is 0 Å². The van der Waals surface area contributed by atoms with E-state index in [4.69, 9.17) is 4.74 Å². The zero-order valence-corrected chi connectivity index (χ0v) is 11.7. The van der Waals surface area contributed by atoms with E-state index in [1.165, 1.54) is 6.07 Å². The van der Waals surface area contributed by atoms with Crippen LogP contribution in [0.4, 0.5) is 10.1 Å². The average molecular weight is 275 g/mol. The summed E-state index contributed by atoms with van der Waals surface area (Å²) in [7, 11) is 1.91. The molecular weight excluding hydrogens is 257 g/mol. The van der Waals surface area contributed by atoms with E-state index in [0.29, 0.717) is 6.54 Å². The van der Waals surface area contributed by atoms with Crippen LogP contribution < -0.4 is 10.1 Å². The number of rotatable bonds is 4. The minimum Gasteiger partial charge on any atom is -0.488 e. The Morgan fingerprint density at radius 2 is 2.35 bits per heavy atom. The van der Waals surface area contributed by atoms with Crippen molar-refractivity contribution in [2.45, 2.75) is 25.9 Å². The SMILES string of the molecule is CCc1nn(C)cc1NCC1Cc2cc(F)ccc2O1. The third kappa shape index (κ3) is 2.48. The van der Waals surface area contributed by atoms with Crippen LogP contribution in [0.25, 0.3) is 0 Å². The maximum atomic E-state index is 13.2. The molecule has 0 saturated heterocycles. The summed E-state index contributed by atoms with van der Waals surface area (Å²) in [4.78, 5) is 0. The van der Waals surface area contributed by atoms with E-state index in [-0.39, 0.29) is 11.9 Å². The van der Waals surface area contributed by atoms with Crippen LogP contribution in [0, 0.1) is 5.82 Å². The number of aromatic nitrogens is 2. The number of benzene rings is 1. The molecule has 3 rings (SSSR count). The minimum atomic E-state index is -0.207. The summed E-state index contributed by atoms with van der Waals surface area (Å²) in [5.74, 6) is 0.585. The summed E-state index contributed by atoms with van der Waals surface area (Å²) >= 11 is 0. The van der Waals surface area contributed by atoms with Crippen molar-refractivity contribution >= 4 is 5.69 Å². The van der Waals surface area contributed by atoms with Crippen LogP contribution in [0.15, 0.2) is 24.4 Å². The zero-order chi connectivity index (χ0) is 14.1. The van der Waals surface area contributed by atoms with Gasteiger partial charge >= 0.3 is 0 Å². The van der Waals surface area contributed by atoms with Gasteiger partial charge in [-0.1, -0.05) is 6.92 Å². The van der Waals surface area contributed by atoms with Gasteiger partial charge in [0, 0.05) is 25.2 Å². The van der Waals surface area contributed by atoms with Gasteiger partial charge in [-0.05, 0) is 24.6 Å². The molecule has 4 nitrogen and oxygen atoms in total. The number of halogens is 1. The van der Waals surface area contributed by atoms with Crippen molar-refractivity contribution in [1.29, 1.82) is 0 Å². The highest BCUT2D eigenvalue weighted by Crippen LogP contribution is 2.29. The minimum absolute atomic E-state index is 0.0386. The predicted octanol–water partition coefficient (Wildman–Crippen LogP) is 2.54. The first kappa shape index (κ1) is 13.0. The molecule has 0 spiro atoms. The highest BCUT2D eigenvalue weighted by Gasteiger charge is 2.23. The Hall–Kier alpha value is -2.04. The van der Waals surface area contributed by atoms with Gasteiger partial charge in [-0.15, -0.1) is 0 Å². The number of ether oxygens (including phenoxy) is 1. The smallest absolute Gasteiger partial charge is 0.123 e. The Morgan fingerprint density at radius 3 is 3.15 bits per heavy atom. The molecule has 0 radical (unpaired) electrons.